The zero-order valence-electron chi connectivity index (χ0n) is 15.0. The van der Waals surface area contributed by atoms with Crippen LogP contribution in [0.3, 0.4) is 0 Å². The van der Waals surface area contributed by atoms with E-state index in [0.717, 1.165) is 11.3 Å². The number of benzene rings is 1. The third-order valence-electron chi connectivity index (χ3n) is 4.34. The predicted molar refractivity (Wildman–Crippen MR) is 94.6 cm³/mol. The lowest BCUT2D eigenvalue weighted by Crippen LogP contribution is -2.51. The summed E-state index contributed by atoms with van der Waals surface area (Å²) in [6.07, 6.45) is 1.14. The number of para-hydroxylation sites is 1. The molecule has 0 bridgehead atoms. The number of rotatable bonds is 4. The lowest BCUT2D eigenvalue weighted by molar-refractivity contribution is -0.120. The van der Waals surface area contributed by atoms with Crippen molar-refractivity contribution in [3.63, 3.8) is 0 Å². The highest BCUT2D eigenvalue weighted by molar-refractivity contribution is 6.03. The number of hydrogen-bond acceptors (Lipinski definition) is 4. The summed E-state index contributed by atoms with van der Waals surface area (Å²) in [5.41, 5.74) is 2.46. The number of likely N-dealkylation sites (N-methyl/N-ethyl adjacent to an activating group) is 1. The lowest BCUT2D eigenvalue weighted by Gasteiger charge is -2.31. The average molecular weight is 341 g/mol. The summed E-state index contributed by atoms with van der Waals surface area (Å²) in [5, 5.41) is 2.80. The fourth-order valence-electron chi connectivity index (χ4n) is 3.11. The van der Waals surface area contributed by atoms with E-state index in [-0.39, 0.29) is 11.7 Å². The molecule has 1 aliphatic rings. The molecule has 1 aromatic heterocycles. The van der Waals surface area contributed by atoms with Crippen LogP contribution in [-0.2, 0) is 17.6 Å². The molecule has 0 radical (unpaired) electrons. The number of hydrogen-bond donors (Lipinski definition) is 1. The van der Waals surface area contributed by atoms with Gasteiger partial charge in [-0.2, -0.15) is 0 Å². The van der Waals surface area contributed by atoms with Gasteiger partial charge in [0.25, 0.3) is 5.91 Å². The molecule has 1 atom stereocenters. The van der Waals surface area contributed by atoms with Crippen LogP contribution in [0.1, 0.15) is 41.6 Å². The summed E-state index contributed by atoms with van der Waals surface area (Å²) in [5.74, 6) is 0.594. The first-order valence-electron chi connectivity index (χ1n) is 8.49. The highest BCUT2D eigenvalue weighted by Gasteiger charge is 2.32. The van der Waals surface area contributed by atoms with E-state index in [1.807, 2.05) is 24.3 Å². The van der Waals surface area contributed by atoms with E-state index < -0.39 is 11.9 Å². The Labute approximate surface area is 147 Å². The minimum Gasteiger partial charge on any atom is -0.435 e. The van der Waals surface area contributed by atoms with Gasteiger partial charge in [0.2, 0.25) is 11.7 Å². The Kier molecular flexibility index (Phi) is 4.61. The Balaban J connectivity index is 1.77. The molecular weight excluding hydrogens is 318 g/mol. The smallest absolute Gasteiger partial charge is 0.289 e. The van der Waals surface area contributed by atoms with Crippen molar-refractivity contribution in [2.45, 2.75) is 39.7 Å². The largest absolute Gasteiger partial charge is 0.435 e. The van der Waals surface area contributed by atoms with Crippen molar-refractivity contribution in [1.29, 1.82) is 0 Å². The minimum atomic E-state index is -0.606. The Morgan fingerprint density at radius 2 is 2.12 bits per heavy atom. The van der Waals surface area contributed by atoms with Crippen LogP contribution in [0, 0.1) is 12.8 Å². The topological polar surface area (TPSA) is 75.4 Å². The van der Waals surface area contributed by atoms with Gasteiger partial charge in [0.05, 0.1) is 5.69 Å². The molecule has 0 spiro atoms. The van der Waals surface area contributed by atoms with Crippen LogP contribution in [0.15, 0.2) is 28.7 Å². The van der Waals surface area contributed by atoms with E-state index in [1.165, 1.54) is 0 Å². The summed E-state index contributed by atoms with van der Waals surface area (Å²) in [6.45, 7) is 5.87. The SMILES string of the molecule is Cc1nc(CC(C)C)oc1C(=O)NC1Cc2ccccc2N(C)C1=O. The van der Waals surface area contributed by atoms with Gasteiger partial charge in [-0.1, -0.05) is 32.0 Å². The van der Waals surface area contributed by atoms with E-state index in [9.17, 15) is 9.59 Å². The Bertz CT molecular complexity index is 810. The minimum absolute atomic E-state index is 0.133. The normalized spacial score (nSPS) is 16.9. The zero-order chi connectivity index (χ0) is 18.1. The van der Waals surface area contributed by atoms with E-state index in [1.54, 1.807) is 18.9 Å². The van der Waals surface area contributed by atoms with Gasteiger partial charge < -0.3 is 14.6 Å². The van der Waals surface area contributed by atoms with Crippen LogP contribution < -0.4 is 10.2 Å². The van der Waals surface area contributed by atoms with E-state index in [2.05, 4.69) is 24.1 Å². The van der Waals surface area contributed by atoms with Crippen LogP contribution in [0.5, 0.6) is 0 Å². The first-order valence-corrected chi connectivity index (χ1v) is 8.49. The molecule has 1 N–H and O–H groups in total. The molecule has 0 saturated carbocycles. The number of amides is 2. The van der Waals surface area contributed by atoms with Gasteiger partial charge >= 0.3 is 0 Å². The van der Waals surface area contributed by atoms with Crippen LogP contribution in [0.25, 0.3) is 0 Å². The summed E-state index contributed by atoms with van der Waals surface area (Å²) < 4.78 is 5.61. The summed E-state index contributed by atoms with van der Waals surface area (Å²) >= 11 is 0. The highest BCUT2D eigenvalue weighted by Crippen LogP contribution is 2.26. The number of oxazole rings is 1. The van der Waals surface area contributed by atoms with Crippen LogP contribution in [0.2, 0.25) is 0 Å². The molecule has 132 valence electrons. The molecule has 25 heavy (non-hydrogen) atoms. The van der Waals surface area contributed by atoms with E-state index >= 15 is 0 Å². The summed E-state index contributed by atoms with van der Waals surface area (Å²) in [7, 11) is 1.72. The lowest BCUT2D eigenvalue weighted by atomic mass is 9.97. The molecule has 1 aliphatic heterocycles. The van der Waals surface area contributed by atoms with Crippen LogP contribution in [0.4, 0.5) is 5.69 Å². The number of nitrogens with zero attached hydrogens (tertiary/aromatic N) is 2. The van der Waals surface area contributed by atoms with E-state index in [4.69, 9.17) is 4.42 Å². The fourth-order valence-corrected chi connectivity index (χ4v) is 3.11. The molecule has 6 heteroatoms. The van der Waals surface area contributed by atoms with Crippen molar-refractivity contribution in [1.82, 2.24) is 10.3 Å². The zero-order valence-corrected chi connectivity index (χ0v) is 15.0. The highest BCUT2D eigenvalue weighted by atomic mass is 16.4. The molecule has 0 fully saturated rings. The predicted octanol–water partition coefficient (Wildman–Crippen LogP) is 2.50. The molecule has 0 saturated heterocycles. The summed E-state index contributed by atoms with van der Waals surface area (Å²) in [4.78, 5) is 31.0. The van der Waals surface area contributed by atoms with Crippen molar-refractivity contribution < 1.29 is 14.0 Å². The van der Waals surface area contributed by atoms with Crippen molar-refractivity contribution >= 4 is 17.5 Å². The average Bonchev–Trinajstić information content (AvgIpc) is 2.92. The monoisotopic (exact) mass is 341 g/mol. The molecule has 2 aromatic rings. The molecule has 2 heterocycles. The molecule has 0 aliphatic carbocycles. The second-order valence-electron chi connectivity index (χ2n) is 6.88. The standard InChI is InChI=1S/C19H23N3O3/c1-11(2)9-16-20-12(3)17(25-16)18(23)21-14-10-13-7-5-6-8-15(13)22(4)19(14)24/h5-8,11,14H,9-10H2,1-4H3,(H,21,23). The number of aromatic nitrogens is 1. The fraction of sp³-hybridized carbons (Fsp3) is 0.421. The molecule has 3 rings (SSSR count). The first kappa shape index (κ1) is 17.2. The van der Waals surface area contributed by atoms with Crippen molar-refractivity contribution in [2.24, 2.45) is 5.92 Å². The third-order valence-corrected chi connectivity index (χ3v) is 4.34. The molecular formula is C19H23N3O3. The maximum atomic E-state index is 12.6. The Morgan fingerprint density at radius 3 is 2.84 bits per heavy atom. The van der Waals surface area contributed by atoms with Gasteiger partial charge in [-0.15, -0.1) is 0 Å². The van der Waals surface area contributed by atoms with Gasteiger partial charge in [0, 0.05) is 25.6 Å². The number of carbonyl (C=O) groups is 2. The van der Waals surface area contributed by atoms with Crippen molar-refractivity contribution in [2.75, 3.05) is 11.9 Å². The van der Waals surface area contributed by atoms with E-state index in [0.29, 0.717) is 30.3 Å². The van der Waals surface area contributed by atoms with Gasteiger partial charge in [-0.25, -0.2) is 4.98 Å². The molecule has 1 unspecified atom stereocenters. The van der Waals surface area contributed by atoms with Gasteiger partial charge in [0.1, 0.15) is 6.04 Å². The number of fused-ring (bicyclic) bond motifs is 1. The number of anilines is 1. The maximum Gasteiger partial charge on any atom is 0.289 e. The first-order chi connectivity index (χ1) is 11.9. The van der Waals surface area contributed by atoms with Gasteiger partial charge in [-0.3, -0.25) is 9.59 Å². The Hall–Kier alpha value is -2.63. The number of nitrogens with one attached hydrogen (secondary N) is 1. The van der Waals surface area contributed by atoms with Crippen LogP contribution in [-0.4, -0.2) is 29.9 Å². The van der Waals surface area contributed by atoms with Crippen molar-refractivity contribution in [3.05, 3.63) is 47.2 Å². The molecule has 6 nitrogen and oxygen atoms in total. The Morgan fingerprint density at radius 1 is 1.40 bits per heavy atom. The molecule has 1 aromatic carbocycles. The number of carbonyl (C=O) groups excluding carboxylic acids is 2. The van der Waals surface area contributed by atoms with Gasteiger partial charge in [-0.05, 0) is 24.5 Å². The number of aryl methyl sites for hydroxylation is 1. The second-order valence-corrected chi connectivity index (χ2v) is 6.88. The maximum absolute atomic E-state index is 12.6. The second kappa shape index (κ2) is 6.70. The quantitative estimate of drug-likeness (QED) is 0.927. The van der Waals surface area contributed by atoms with Crippen LogP contribution >= 0.6 is 0 Å². The molecule has 2 amide bonds. The van der Waals surface area contributed by atoms with Crippen molar-refractivity contribution in [3.8, 4) is 0 Å². The van der Waals surface area contributed by atoms with Gasteiger partial charge in [0.15, 0.2) is 5.89 Å². The third kappa shape index (κ3) is 3.43. The summed E-state index contributed by atoms with van der Waals surface area (Å²) in [6, 6.07) is 7.10.